The van der Waals surface area contributed by atoms with Gasteiger partial charge in [0.15, 0.2) is 11.4 Å². The summed E-state index contributed by atoms with van der Waals surface area (Å²) in [4.78, 5) is 49.5. The predicted molar refractivity (Wildman–Crippen MR) is 128 cm³/mol. The van der Waals surface area contributed by atoms with Crippen LogP contribution in [0.4, 0.5) is 0 Å². The average molecular weight is 507 g/mol. The molecule has 1 saturated carbocycles. The molecule has 3 aliphatic rings. The Hall–Kier alpha value is -2.52. The zero-order valence-corrected chi connectivity index (χ0v) is 22.3. The van der Waals surface area contributed by atoms with Crippen LogP contribution in [0.5, 0.6) is 0 Å². The lowest BCUT2D eigenvalue weighted by atomic mass is 9.46. The Labute approximate surface area is 211 Å². The molecule has 0 unspecified atom stereocenters. The SMILES string of the molecule is CC[C@@H]1[C@@H](OC(C)=O)[C@@](C)(OC(C)=O)C(C)(C)[C@@H]2C=C(COC(C)=O)C[C@]3(O)C(=O)C(C)=C[C@H]3[C@@]12O. The molecule has 0 saturated heterocycles. The van der Waals surface area contributed by atoms with Gasteiger partial charge in [-0.1, -0.05) is 32.9 Å². The van der Waals surface area contributed by atoms with E-state index in [1.54, 1.807) is 39.8 Å². The van der Waals surface area contributed by atoms with E-state index < -0.39 is 69.8 Å². The van der Waals surface area contributed by atoms with E-state index in [1.807, 2.05) is 6.92 Å². The van der Waals surface area contributed by atoms with E-state index in [-0.39, 0.29) is 13.0 Å². The van der Waals surface area contributed by atoms with E-state index in [4.69, 9.17) is 14.2 Å². The Bertz CT molecular complexity index is 1040. The zero-order valence-electron chi connectivity index (χ0n) is 22.3. The molecule has 2 N–H and O–H groups in total. The third-order valence-electron chi connectivity index (χ3n) is 8.69. The molecule has 0 aliphatic heterocycles. The first-order valence-corrected chi connectivity index (χ1v) is 12.3. The molecule has 0 amide bonds. The number of aliphatic hydroxyl groups is 2. The molecule has 0 spiro atoms. The number of rotatable bonds is 5. The fourth-order valence-corrected chi connectivity index (χ4v) is 6.87. The molecule has 0 aromatic rings. The number of ketones is 1. The number of carbonyl (C=O) groups excluding carboxylic acids is 4. The first-order valence-electron chi connectivity index (χ1n) is 12.3. The van der Waals surface area contributed by atoms with E-state index in [9.17, 15) is 29.4 Å². The fraction of sp³-hybridized carbons (Fsp3) is 0.704. The van der Waals surface area contributed by atoms with Crippen molar-refractivity contribution in [3.8, 4) is 0 Å². The van der Waals surface area contributed by atoms with Crippen LogP contribution in [0.15, 0.2) is 23.3 Å². The molecule has 7 atom stereocenters. The molecule has 0 radical (unpaired) electrons. The number of carbonyl (C=O) groups is 4. The Morgan fingerprint density at radius 1 is 1.00 bits per heavy atom. The highest BCUT2D eigenvalue weighted by Crippen LogP contribution is 2.64. The van der Waals surface area contributed by atoms with E-state index in [0.29, 0.717) is 17.6 Å². The van der Waals surface area contributed by atoms with Gasteiger partial charge in [0.25, 0.3) is 0 Å². The van der Waals surface area contributed by atoms with Crippen LogP contribution < -0.4 is 0 Å². The van der Waals surface area contributed by atoms with Crippen molar-refractivity contribution in [3.05, 3.63) is 23.3 Å². The summed E-state index contributed by atoms with van der Waals surface area (Å²) < 4.78 is 16.9. The molecule has 0 bridgehead atoms. The molecular weight excluding hydrogens is 468 g/mol. The molecule has 0 heterocycles. The molecule has 9 nitrogen and oxygen atoms in total. The number of hydrogen-bond donors (Lipinski definition) is 2. The highest BCUT2D eigenvalue weighted by Gasteiger charge is 2.74. The third kappa shape index (κ3) is 4.00. The summed E-state index contributed by atoms with van der Waals surface area (Å²) in [5, 5.41) is 24.6. The Balaban J connectivity index is 2.37. The fourth-order valence-electron chi connectivity index (χ4n) is 6.87. The molecule has 3 aliphatic carbocycles. The first kappa shape index (κ1) is 28.1. The van der Waals surface area contributed by atoms with E-state index >= 15 is 0 Å². The van der Waals surface area contributed by atoms with Crippen LogP contribution in [0.1, 0.15) is 68.2 Å². The van der Waals surface area contributed by atoms with Crippen molar-refractivity contribution in [2.45, 2.75) is 91.1 Å². The summed E-state index contributed by atoms with van der Waals surface area (Å²) in [5.41, 5.74) is -5.44. The number of hydrogen-bond acceptors (Lipinski definition) is 9. The monoisotopic (exact) mass is 506 g/mol. The van der Waals surface area contributed by atoms with Crippen molar-refractivity contribution in [3.63, 3.8) is 0 Å². The van der Waals surface area contributed by atoms with Crippen molar-refractivity contribution in [1.82, 2.24) is 0 Å². The summed E-state index contributed by atoms with van der Waals surface area (Å²) in [5.74, 6) is -4.88. The Morgan fingerprint density at radius 3 is 2.11 bits per heavy atom. The van der Waals surface area contributed by atoms with Gasteiger partial charge in [0.05, 0.1) is 5.60 Å². The highest BCUT2D eigenvalue weighted by atomic mass is 16.6. The van der Waals surface area contributed by atoms with Crippen molar-refractivity contribution in [1.29, 1.82) is 0 Å². The van der Waals surface area contributed by atoms with Crippen molar-refractivity contribution in [2.75, 3.05) is 6.61 Å². The molecule has 3 rings (SSSR count). The maximum atomic E-state index is 13.3. The molecule has 1 fully saturated rings. The van der Waals surface area contributed by atoms with Gasteiger partial charge in [-0.2, -0.15) is 0 Å². The minimum atomic E-state index is -1.99. The van der Waals surface area contributed by atoms with Crippen LogP contribution in [0.3, 0.4) is 0 Å². The van der Waals surface area contributed by atoms with Crippen molar-refractivity contribution >= 4 is 23.7 Å². The van der Waals surface area contributed by atoms with Crippen LogP contribution in [0.25, 0.3) is 0 Å². The van der Waals surface area contributed by atoms with Crippen LogP contribution in [-0.4, -0.2) is 63.4 Å². The smallest absolute Gasteiger partial charge is 0.303 e. The number of fused-ring (bicyclic) bond motifs is 3. The number of ether oxygens (including phenoxy) is 3. The predicted octanol–water partition coefficient (Wildman–Crippen LogP) is 2.42. The number of esters is 3. The highest BCUT2D eigenvalue weighted by molar-refractivity contribution is 6.04. The van der Waals surface area contributed by atoms with Gasteiger partial charge in [0, 0.05) is 50.4 Å². The van der Waals surface area contributed by atoms with Gasteiger partial charge in [0.2, 0.25) is 0 Å². The van der Waals surface area contributed by atoms with Gasteiger partial charge in [-0.15, -0.1) is 0 Å². The second-order valence-corrected chi connectivity index (χ2v) is 11.2. The van der Waals surface area contributed by atoms with Crippen LogP contribution in [-0.2, 0) is 33.4 Å². The van der Waals surface area contributed by atoms with Crippen LogP contribution in [0.2, 0.25) is 0 Å². The summed E-state index contributed by atoms with van der Waals surface area (Å²) in [7, 11) is 0. The lowest BCUT2D eigenvalue weighted by Crippen LogP contribution is -2.75. The standard InChI is InChI=1S/C27H38O9/c1-9-19-23(35-16(4)29)25(8,36-17(5)30)24(6,7)20-11-18(13-34-15(3)28)12-26(32)21(27(19,20)33)10-14(2)22(26)31/h10-11,19-21,23,32-33H,9,12-13H2,1-8H3/t19-,20+,21-,23-,25-,26-,27-/m1/s1. The maximum absolute atomic E-state index is 13.3. The topological polar surface area (TPSA) is 136 Å². The molecule has 200 valence electrons. The zero-order chi connectivity index (χ0) is 27.4. The second kappa shape index (κ2) is 9.10. The Morgan fingerprint density at radius 2 is 1.61 bits per heavy atom. The summed E-state index contributed by atoms with van der Waals surface area (Å²) in [6.07, 6.45) is 2.40. The van der Waals surface area contributed by atoms with Crippen LogP contribution >= 0.6 is 0 Å². The number of Topliss-reactive ketones (excluding diaryl/α,β-unsaturated/α-hetero) is 1. The third-order valence-corrected chi connectivity index (χ3v) is 8.69. The molecule has 36 heavy (non-hydrogen) atoms. The van der Waals surface area contributed by atoms with E-state index in [1.165, 1.54) is 20.8 Å². The van der Waals surface area contributed by atoms with Gasteiger partial charge in [-0.3, -0.25) is 19.2 Å². The largest absolute Gasteiger partial charge is 0.461 e. The quantitative estimate of drug-likeness (QED) is 0.327. The van der Waals surface area contributed by atoms with Gasteiger partial charge >= 0.3 is 17.9 Å². The second-order valence-electron chi connectivity index (χ2n) is 11.2. The maximum Gasteiger partial charge on any atom is 0.303 e. The lowest BCUT2D eigenvalue weighted by molar-refractivity contribution is -0.292. The normalized spacial score (nSPS) is 39.1. The molecule has 0 aromatic heterocycles. The van der Waals surface area contributed by atoms with Gasteiger partial charge in [-0.25, -0.2) is 0 Å². The van der Waals surface area contributed by atoms with Gasteiger partial charge < -0.3 is 24.4 Å². The average Bonchev–Trinajstić information content (AvgIpc) is 2.91. The van der Waals surface area contributed by atoms with Crippen LogP contribution in [0, 0.1) is 23.2 Å². The molecular formula is C27H38O9. The lowest BCUT2D eigenvalue weighted by Gasteiger charge is -2.64. The van der Waals surface area contributed by atoms with Gasteiger partial charge in [-0.05, 0) is 31.4 Å². The molecule has 9 heteroatoms. The molecule has 0 aromatic carbocycles. The van der Waals surface area contributed by atoms with E-state index in [2.05, 4.69) is 0 Å². The Kier molecular flexibility index (Phi) is 7.09. The summed E-state index contributed by atoms with van der Waals surface area (Å²) in [6, 6.07) is 0. The van der Waals surface area contributed by atoms with Crippen molar-refractivity contribution in [2.24, 2.45) is 23.2 Å². The minimum absolute atomic E-state index is 0.147. The van der Waals surface area contributed by atoms with Gasteiger partial charge in [0.1, 0.15) is 18.3 Å². The first-order chi connectivity index (χ1) is 16.5. The minimum Gasteiger partial charge on any atom is -0.461 e. The van der Waals surface area contributed by atoms with E-state index in [0.717, 1.165) is 0 Å². The van der Waals surface area contributed by atoms with Crippen molar-refractivity contribution < 1.29 is 43.6 Å². The summed E-state index contributed by atoms with van der Waals surface area (Å²) >= 11 is 0. The summed E-state index contributed by atoms with van der Waals surface area (Å²) in [6.45, 7) is 12.3.